The number of nitrogens with zero attached hydrogens (tertiary/aromatic N) is 5. The van der Waals surface area contributed by atoms with Gasteiger partial charge in [0.25, 0.3) is 5.91 Å². The second kappa shape index (κ2) is 7.56. The zero-order valence-electron chi connectivity index (χ0n) is 17.6. The van der Waals surface area contributed by atoms with Gasteiger partial charge in [-0.1, -0.05) is 6.07 Å². The molecule has 2 aromatic rings. The van der Waals surface area contributed by atoms with Crippen LogP contribution in [0.4, 0.5) is 22.2 Å². The van der Waals surface area contributed by atoms with E-state index in [2.05, 4.69) is 23.8 Å². The van der Waals surface area contributed by atoms with Crippen molar-refractivity contribution in [3.05, 3.63) is 41.1 Å². The van der Waals surface area contributed by atoms with Gasteiger partial charge >= 0.3 is 6.09 Å². The maximum atomic E-state index is 13.3. The van der Waals surface area contributed by atoms with E-state index in [1.165, 1.54) is 4.90 Å². The lowest BCUT2D eigenvalue weighted by molar-refractivity contribution is 0.0996. The summed E-state index contributed by atoms with van der Waals surface area (Å²) in [5.41, 5.74) is 8.07. The molecule has 0 radical (unpaired) electrons. The van der Waals surface area contributed by atoms with Crippen molar-refractivity contribution in [3.63, 3.8) is 0 Å². The molecule has 1 saturated heterocycles. The second-order valence-electron chi connectivity index (χ2n) is 7.90. The van der Waals surface area contributed by atoms with Crippen molar-refractivity contribution in [1.29, 1.82) is 0 Å². The summed E-state index contributed by atoms with van der Waals surface area (Å²) < 4.78 is 5.09. The van der Waals surface area contributed by atoms with Crippen LogP contribution in [0.15, 0.2) is 24.3 Å². The number of rotatable bonds is 5. The van der Waals surface area contributed by atoms with Crippen molar-refractivity contribution in [2.24, 2.45) is 5.73 Å². The van der Waals surface area contributed by atoms with Crippen LogP contribution < -0.4 is 20.4 Å². The first kappa shape index (κ1) is 20.1. The Labute approximate surface area is 175 Å². The van der Waals surface area contributed by atoms with Crippen molar-refractivity contribution < 1.29 is 14.3 Å². The van der Waals surface area contributed by atoms with Crippen molar-refractivity contribution in [2.45, 2.75) is 45.9 Å². The highest BCUT2D eigenvalue weighted by Gasteiger charge is 2.35. The van der Waals surface area contributed by atoms with Crippen LogP contribution in [0.5, 0.6) is 0 Å². The number of ether oxygens (including phenoxy) is 1. The number of aromatic nitrogens is 2. The van der Waals surface area contributed by atoms with E-state index in [1.54, 1.807) is 23.1 Å². The number of amides is 2. The average molecular weight is 410 g/mol. The monoisotopic (exact) mass is 410 g/mol. The number of hydrogen-bond donors (Lipinski definition) is 1. The molecule has 1 fully saturated rings. The van der Waals surface area contributed by atoms with Crippen LogP contribution in [0.1, 0.15) is 42.4 Å². The van der Waals surface area contributed by atoms with Crippen LogP contribution in [0.25, 0.3) is 0 Å². The lowest BCUT2D eigenvalue weighted by Gasteiger charge is -2.23. The fraction of sp³-hybridized carbons (Fsp3) is 0.429. The van der Waals surface area contributed by atoms with Gasteiger partial charge in [0.2, 0.25) is 0 Å². The van der Waals surface area contributed by atoms with E-state index < -0.39 is 6.09 Å². The summed E-state index contributed by atoms with van der Waals surface area (Å²) in [6.45, 7) is 6.91. The van der Waals surface area contributed by atoms with Crippen LogP contribution in [0, 0.1) is 0 Å². The maximum Gasteiger partial charge on any atom is 0.415 e. The predicted molar refractivity (Wildman–Crippen MR) is 114 cm³/mol. The fourth-order valence-corrected chi connectivity index (χ4v) is 3.68. The Morgan fingerprint density at radius 1 is 1.27 bits per heavy atom. The first-order valence-electron chi connectivity index (χ1n) is 10.0. The van der Waals surface area contributed by atoms with Gasteiger partial charge in [0.1, 0.15) is 24.1 Å². The summed E-state index contributed by atoms with van der Waals surface area (Å²) in [5.74, 6) is 1.50. The van der Waals surface area contributed by atoms with Gasteiger partial charge in [0.05, 0.1) is 23.8 Å². The van der Waals surface area contributed by atoms with Gasteiger partial charge < -0.3 is 15.4 Å². The van der Waals surface area contributed by atoms with E-state index >= 15 is 0 Å². The molecule has 0 aromatic carbocycles. The Balaban J connectivity index is 1.70. The SMILES string of the molecule is CC(C)N(C)c1cc2c(c(CN)n1)CN(c1cccc(N3C(=O)OC[C@@H]3C)n1)C2=O. The third-order valence-corrected chi connectivity index (χ3v) is 5.65. The molecule has 4 rings (SSSR count). The Kier molecular flexibility index (Phi) is 5.07. The summed E-state index contributed by atoms with van der Waals surface area (Å²) in [6, 6.07) is 7.22. The molecule has 2 N–H and O–H groups in total. The highest BCUT2D eigenvalue weighted by molar-refractivity contribution is 6.10. The zero-order valence-corrected chi connectivity index (χ0v) is 17.6. The minimum absolute atomic E-state index is 0.117. The Morgan fingerprint density at radius 2 is 2.00 bits per heavy atom. The Morgan fingerprint density at radius 3 is 2.63 bits per heavy atom. The first-order chi connectivity index (χ1) is 14.3. The quantitative estimate of drug-likeness (QED) is 0.806. The Bertz CT molecular complexity index is 1010. The molecule has 1 atom stereocenters. The van der Waals surface area contributed by atoms with Crippen molar-refractivity contribution >= 4 is 29.5 Å². The average Bonchev–Trinajstić information content (AvgIpc) is 3.25. The number of pyridine rings is 2. The van der Waals surface area contributed by atoms with E-state index in [0.717, 1.165) is 11.4 Å². The van der Waals surface area contributed by atoms with Crippen LogP contribution in [0.3, 0.4) is 0 Å². The van der Waals surface area contributed by atoms with E-state index in [0.29, 0.717) is 36.0 Å². The molecule has 9 heteroatoms. The smallest absolute Gasteiger partial charge is 0.415 e. The third-order valence-electron chi connectivity index (χ3n) is 5.65. The molecule has 9 nitrogen and oxygen atoms in total. The second-order valence-corrected chi connectivity index (χ2v) is 7.90. The summed E-state index contributed by atoms with van der Waals surface area (Å²) >= 11 is 0. The topological polar surface area (TPSA) is 105 Å². The van der Waals surface area contributed by atoms with E-state index in [9.17, 15) is 9.59 Å². The van der Waals surface area contributed by atoms with Crippen LogP contribution in [-0.4, -0.2) is 47.7 Å². The number of fused-ring (bicyclic) bond motifs is 1. The number of hydrogen-bond acceptors (Lipinski definition) is 7. The van der Waals surface area contributed by atoms with Gasteiger partial charge in [-0.2, -0.15) is 0 Å². The van der Waals surface area contributed by atoms with Gasteiger partial charge in [-0.3, -0.25) is 14.6 Å². The minimum atomic E-state index is -0.431. The summed E-state index contributed by atoms with van der Waals surface area (Å²) in [6.07, 6.45) is -0.431. The van der Waals surface area contributed by atoms with Crippen molar-refractivity contribution in [2.75, 3.05) is 28.4 Å². The highest BCUT2D eigenvalue weighted by atomic mass is 16.6. The number of carbonyl (C=O) groups excluding carboxylic acids is 2. The molecule has 0 saturated carbocycles. The van der Waals surface area contributed by atoms with Crippen molar-refractivity contribution in [1.82, 2.24) is 9.97 Å². The van der Waals surface area contributed by atoms with E-state index in [4.69, 9.17) is 10.5 Å². The molecule has 0 spiro atoms. The fourth-order valence-electron chi connectivity index (χ4n) is 3.68. The van der Waals surface area contributed by atoms with Gasteiger partial charge in [0, 0.05) is 25.2 Å². The van der Waals surface area contributed by atoms with Gasteiger partial charge in [0.15, 0.2) is 0 Å². The Hall–Kier alpha value is -3.20. The van der Waals surface area contributed by atoms with Crippen LogP contribution in [-0.2, 0) is 17.8 Å². The van der Waals surface area contributed by atoms with Gasteiger partial charge in [-0.15, -0.1) is 0 Å². The van der Waals surface area contributed by atoms with Crippen LogP contribution >= 0.6 is 0 Å². The number of nitrogens with two attached hydrogens (primary N) is 1. The molecule has 0 bridgehead atoms. The van der Waals surface area contributed by atoms with E-state index in [1.807, 2.05) is 24.9 Å². The molecule has 30 heavy (non-hydrogen) atoms. The normalized spacial score (nSPS) is 18.3. The van der Waals surface area contributed by atoms with Crippen LogP contribution in [0.2, 0.25) is 0 Å². The molecule has 2 aliphatic rings. The number of carbonyl (C=O) groups is 2. The molecule has 158 valence electrons. The first-order valence-corrected chi connectivity index (χ1v) is 10.0. The zero-order chi connectivity index (χ0) is 21.6. The number of cyclic esters (lactones) is 1. The van der Waals surface area contributed by atoms with Crippen molar-refractivity contribution in [3.8, 4) is 0 Å². The lowest BCUT2D eigenvalue weighted by atomic mass is 10.1. The van der Waals surface area contributed by atoms with Gasteiger partial charge in [-0.05, 0) is 39.0 Å². The minimum Gasteiger partial charge on any atom is -0.447 e. The predicted octanol–water partition coefficient (Wildman–Crippen LogP) is 2.29. The largest absolute Gasteiger partial charge is 0.447 e. The molecule has 4 heterocycles. The molecule has 0 aliphatic carbocycles. The molecule has 0 unspecified atom stereocenters. The standard InChI is InChI=1S/C21H26N6O3/c1-12(2)25(4)19-8-14-15(16(9-22)23-19)10-26(20(14)28)17-6-5-7-18(24-17)27-13(3)11-30-21(27)29/h5-8,12-13H,9-11,22H2,1-4H3/t13-/m0/s1. The molecule has 2 aromatic heterocycles. The number of anilines is 3. The summed E-state index contributed by atoms with van der Waals surface area (Å²) in [5, 5.41) is 0. The molecular weight excluding hydrogens is 384 g/mol. The third kappa shape index (κ3) is 3.24. The maximum absolute atomic E-state index is 13.3. The highest BCUT2D eigenvalue weighted by Crippen LogP contribution is 2.33. The molecular formula is C21H26N6O3. The lowest BCUT2D eigenvalue weighted by Crippen LogP contribution is -2.32. The van der Waals surface area contributed by atoms with Gasteiger partial charge in [-0.25, -0.2) is 14.8 Å². The van der Waals surface area contributed by atoms with E-state index in [-0.39, 0.29) is 24.5 Å². The summed E-state index contributed by atoms with van der Waals surface area (Å²) in [7, 11) is 1.94. The molecule has 2 aliphatic heterocycles. The molecule has 2 amide bonds. The summed E-state index contributed by atoms with van der Waals surface area (Å²) in [4.78, 5) is 39.7.